The van der Waals surface area contributed by atoms with Crippen LogP contribution >= 0.6 is 58.0 Å². The van der Waals surface area contributed by atoms with E-state index in [1.807, 2.05) is 137 Å². The van der Waals surface area contributed by atoms with Crippen molar-refractivity contribution in [1.29, 1.82) is 0 Å². The highest BCUT2D eigenvalue weighted by Gasteiger charge is 2.22. The number of guanidine groups is 4. The van der Waals surface area contributed by atoms with E-state index in [4.69, 9.17) is 115 Å². The first-order chi connectivity index (χ1) is 57.6. The predicted molar refractivity (Wildman–Crippen MR) is 482 cm³/mol. The van der Waals surface area contributed by atoms with Crippen LogP contribution in [0.2, 0.25) is 26.4 Å². The molecule has 29 N–H and O–H groups in total. The molecule has 0 aliphatic heterocycles. The Morgan fingerprint density at radius 2 is 0.645 bits per heavy atom. The van der Waals surface area contributed by atoms with Gasteiger partial charge >= 0.3 is 11.9 Å². The number of aromatic nitrogens is 15. The van der Waals surface area contributed by atoms with Crippen molar-refractivity contribution >= 4 is 187 Å². The molecule has 0 saturated carbocycles. The molecule has 0 spiro atoms. The maximum Gasteiger partial charge on any atom is 0.326 e. The number of quaternary nitrogens is 1. The number of nitrogen functional groups attached to an aromatic ring is 1. The van der Waals surface area contributed by atoms with Crippen LogP contribution in [0.4, 0.5) is 93.6 Å². The number of halogens is 5. The van der Waals surface area contributed by atoms with Gasteiger partial charge in [-0.2, -0.15) is 74.8 Å². The summed E-state index contributed by atoms with van der Waals surface area (Å²) >= 11 is 29.5. The molecule has 0 amide bonds. The third-order valence-corrected chi connectivity index (χ3v) is 16.4. The van der Waals surface area contributed by atoms with Crippen LogP contribution < -0.4 is 104 Å². The van der Waals surface area contributed by atoms with Crippen molar-refractivity contribution in [3.05, 3.63) is 170 Å². The summed E-state index contributed by atoms with van der Waals surface area (Å²) in [6.45, 7) is 11.3. The fourth-order valence-corrected chi connectivity index (χ4v) is 10.6. The second kappa shape index (κ2) is 50.4. The topological polar surface area (TPSA) is 660 Å². The Morgan fingerprint density at radius 1 is 0.355 bits per heavy atom. The lowest BCUT2D eigenvalue weighted by Gasteiger charge is -2.23. The van der Waals surface area contributed by atoms with Gasteiger partial charge in [0.1, 0.15) is 17.8 Å². The number of hydrogen-bond donors (Lipinski definition) is 20. The van der Waals surface area contributed by atoms with Crippen molar-refractivity contribution in [2.45, 2.75) is 91.1 Å². The Labute approximate surface area is 723 Å². The molecule has 0 aliphatic rings. The van der Waals surface area contributed by atoms with Crippen LogP contribution in [0.1, 0.15) is 73.6 Å². The average molecular weight is 1760 g/mol. The zero-order valence-corrected chi connectivity index (χ0v) is 71.1. The molecule has 10 aromatic rings. The maximum atomic E-state index is 11.5. The smallest absolute Gasteiger partial charge is 0.326 e. The summed E-state index contributed by atoms with van der Waals surface area (Å²) < 4.78 is 0.752. The first-order valence-electron chi connectivity index (χ1n) is 37.1. The van der Waals surface area contributed by atoms with Crippen LogP contribution in [0, 0.1) is 27.7 Å². The van der Waals surface area contributed by atoms with Crippen molar-refractivity contribution in [3.63, 3.8) is 0 Å². The third kappa shape index (κ3) is 40.1. The predicted octanol–water partition coefficient (Wildman–Crippen LogP) is 9.12. The van der Waals surface area contributed by atoms with Gasteiger partial charge in [0.25, 0.3) is 0 Å². The fourth-order valence-electron chi connectivity index (χ4n) is 9.81. The number of nitrogens with two attached hydrogens (primary N) is 9. The van der Waals surface area contributed by atoms with Crippen LogP contribution in [0.5, 0.6) is 0 Å². The van der Waals surface area contributed by atoms with Crippen molar-refractivity contribution in [1.82, 2.24) is 79.2 Å². The Kier molecular flexibility index (Phi) is 40.1. The number of rotatable bonds is 37. The molecule has 2 atom stereocenters. The van der Waals surface area contributed by atoms with Gasteiger partial charge in [0, 0.05) is 79.8 Å². The molecule has 644 valence electrons. The first-order valence-corrected chi connectivity index (χ1v) is 39.0. The van der Waals surface area contributed by atoms with Gasteiger partial charge in [-0.15, -0.1) is 0 Å². The fraction of sp³-hybridized carbons (Fsp3) is 0.311. The van der Waals surface area contributed by atoms with Gasteiger partial charge in [-0.1, -0.05) is 59.7 Å². The van der Waals surface area contributed by atoms with Crippen LogP contribution in [0.15, 0.2) is 141 Å². The van der Waals surface area contributed by atoms with Gasteiger partial charge in [0.05, 0.1) is 21.1 Å². The number of nitrogens with zero attached hydrogens (tertiary/aromatic N) is 20. The lowest BCUT2D eigenvalue weighted by molar-refractivity contribution is -0.139. The summed E-state index contributed by atoms with van der Waals surface area (Å²) in [6.07, 6.45) is 4.92. The number of carbonyl (C=O) groups is 2. The second-order valence-corrected chi connectivity index (χ2v) is 28.5. The zero-order valence-electron chi connectivity index (χ0n) is 67.3. The second-order valence-electron chi connectivity index (χ2n) is 26.8. The number of unbranched alkanes of at least 4 members (excludes halogenated alkanes) is 2. The summed E-state index contributed by atoms with van der Waals surface area (Å²) in [5.41, 5.74) is 57.4. The lowest BCUT2D eigenvalue weighted by atomic mass is 10.1. The van der Waals surface area contributed by atoms with Gasteiger partial charge < -0.3 is 110 Å². The summed E-state index contributed by atoms with van der Waals surface area (Å²) in [5, 5.41) is 45.8. The largest absolute Gasteiger partial charge is 0.480 e. The van der Waals surface area contributed by atoms with E-state index in [2.05, 4.69) is 176 Å². The highest BCUT2D eigenvalue weighted by atomic mass is 35.5. The van der Waals surface area contributed by atoms with Crippen molar-refractivity contribution in [2.24, 2.45) is 65.8 Å². The van der Waals surface area contributed by atoms with Crippen LogP contribution in [-0.4, -0.2) is 193 Å². The van der Waals surface area contributed by atoms with Gasteiger partial charge in [-0.25, -0.2) is 9.59 Å². The molecule has 5 aromatic heterocycles. The molecule has 5 aromatic carbocycles. The SMILES string of the molecule is Cc1ccc(Nc2nc(Cl)nc(NC(CCCN=C(N)N)C(=O)O)n2)cc1.Cc1ccc(Nc2nc(Cl)nc(Nc3ccc([N+](C)(C)C)cc3)n2)cc1.Cc1cccc(Nc2nc(Cl)nc(Nc3cccc(C)c3)n2)c1.NC(N)=NCCCC(Nc1nc(N)nc(Cl)n1)C(=O)O.NC(N)=NCCCCNc1nc(Cl)nc(NCCCCN=C(N)N)n1. The standard InChI is InChI=1S/C19H22ClN6.C17H16ClN5.C16H21ClN8O2.C13H26ClN11.C9H15ClN8O2/c1-13-5-7-14(8-6-13)21-18-23-17(20)24-19(25-18)22-15-9-11-16(12-10-15)26(2,3)4;1-11-5-3-7-13(9-11)19-16-21-15(18)22-17(23-16)20-14-8-4-6-12(2)10-14;1-9-4-6-10(7-5-9)21-15-23-13(17)24-16(25-15)22-11(12(26)27)3-2-8-20-14(18)19;14-9-23-12(21-7-3-1-5-19-10(15)16)25-13(24-9)22-8-4-2-6-20-11(17)18;10-6-16-8(13)18-9(17-6)15-4(5(19)20)2-1-3-14-7(11)12/h5-12H,1-4H3,(H2,21,22,23,24,25);3-10H,1-2H3,(H2,19,20,21,22,23);4-7,11H,2-3,8H2,1H3,(H,26,27)(H4,18,19,20)(H2,21,22,23,24,25);1-8H2,(H4,15,16,19)(H4,17,18,20)(H2,21,22,23,24,25);4H,1-3H2,(H,19,20)(H4,11,12,14)(H3,13,15,16,17,18)/q+1;;;;. The number of benzene rings is 5. The minimum Gasteiger partial charge on any atom is -0.480 e. The Hall–Kier alpha value is -13.4. The van der Waals surface area contributed by atoms with Crippen molar-refractivity contribution in [2.75, 3.05) is 114 Å². The minimum atomic E-state index is -1.06. The molecule has 0 bridgehead atoms. The molecule has 2 unspecified atom stereocenters. The van der Waals surface area contributed by atoms with Crippen LogP contribution in [-0.2, 0) is 9.59 Å². The molecule has 42 nitrogen and oxygen atoms in total. The quantitative estimate of drug-likeness (QED) is 0.00746. The van der Waals surface area contributed by atoms with Gasteiger partial charge in [-0.3, -0.25) is 24.5 Å². The van der Waals surface area contributed by atoms with Gasteiger partial charge in [0.15, 0.2) is 23.8 Å². The minimum absolute atomic E-state index is 0.00302. The molecule has 121 heavy (non-hydrogen) atoms. The van der Waals surface area contributed by atoms with Crippen molar-refractivity contribution < 1.29 is 19.8 Å². The van der Waals surface area contributed by atoms with Gasteiger partial charge in [0.2, 0.25) is 85.9 Å². The van der Waals surface area contributed by atoms with E-state index >= 15 is 0 Å². The molecule has 10 rings (SSSR count). The van der Waals surface area contributed by atoms with E-state index in [0.717, 1.165) is 75.3 Å². The Bertz CT molecular complexity index is 4910. The normalized spacial score (nSPS) is 11.0. The Balaban J connectivity index is 0.000000235. The third-order valence-electron chi connectivity index (χ3n) is 15.5. The lowest BCUT2D eigenvalue weighted by Crippen LogP contribution is -2.34. The molecule has 0 aliphatic carbocycles. The van der Waals surface area contributed by atoms with Gasteiger partial charge in [-0.05, 0) is 209 Å². The average Bonchev–Trinajstić information content (AvgIpc) is 0.846. The molecule has 0 saturated heterocycles. The van der Waals surface area contributed by atoms with E-state index in [1.54, 1.807) is 0 Å². The number of carboxylic acid groups (broad SMARTS) is 2. The highest BCUT2D eigenvalue weighted by molar-refractivity contribution is 6.29. The van der Waals surface area contributed by atoms with E-state index in [1.165, 1.54) is 11.3 Å². The van der Waals surface area contributed by atoms with Crippen molar-refractivity contribution in [3.8, 4) is 0 Å². The van der Waals surface area contributed by atoms with Crippen LogP contribution in [0.25, 0.3) is 0 Å². The number of aliphatic carboxylic acids is 2. The molecular weight excluding hydrogens is 1660 g/mol. The summed E-state index contributed by atoms with van der Waals surface area (Å²) in [7, 11) is 6.37. The molecule has 5 heterocycles. The number of nitrogens with one attached hydrogen (secondary N) is 9. The monoisotopic (exact) mass is 1760 g/mol. The van der Waals surface area contributed by atoms with E-state index in [0.29, 0.717) is 87.8 Å². The Morgan fingerprint density at radius 3 is 0.967 bits per heavy atom. The molecular formula is C74H100Cl5N38O4+. The highest BCUT2D eigenvalue weighted by Crippen LogP contribution is 2.26. The number of carboxylic acids is 2. The number of aryl methyl sites for hydroxylation is 4. The summed E-state index contributed by atoms with van der Waals surface area (Å²) in [5.74, 6) is 0.571. The number of aliphatic imine (C=N–C) groups is 4. The molecule has 0 radical (unpaired) electrons. The first kappa shape index (κ1) is 96.4. The zero-order chi connectivity index (χ0) is 88.4. The number of hydrogen-bond acceptors (Lipinski definition) is 31. The van der Waals surface area contributed by atoms with E-state index in [9.17, 15) is 14.7 Å². The maximum absolute atomic E-state index is 11.5. The summed E-state index contributed by atoms with van der Waals surface area (Å²) in [4.78, 5) is 98.7. The number of anilines is 15. The van der Waals surface area contributed by atoms with E-state index < -0.39 is 24.0 Å². The van der Waals surface area contributed by atoms with E-state index in [-0.39, 0.29) is 86.9 Å². The molecule has 47 heteroatoms. The molecule has 0 fully saturated rings. The van der Waals surface area contributed by atoms with Crippen LogP contribution in [0.3, 0.4) is 0 Å². The summed E-state index contributed by atoms with van der Waals surface area (Å²) in [6, 6.07) is 37.7.